The molecule has 2 aliphatic heterocycles. The first-order valence-corrected chi connectivity index (χ1v) is 9.90. The summed E-state index contributed by atoms with van der Waals surface area (Å²) >= 11 is 0. The lowest BCUT2D eigenvalue weighted by atomic mass is 10.1. The van der Waals surface area contributed by atoms with Gasteiger partial charge in [-0.05, 0) is 31.7 Å². The van der Waals surface area contributed by atoms with Gasteiger partial charge >= 0.3 is 0 Å². The first-order chi connectivity index (χ1) is 12.5. The fourth-order valence-corrected chi connectivity index (χ4v) is 3.68. The highest BCUT2D eigenvalue weighted by Crippen LogP contribution is 2.22. The lowest BCUT2D eigenvalue weighted by molar-refractivity contribution is 0.0625. The van der Waals surface area contributed by atoms with Gasteiger partial charge in [-0.15, -0.1) is 0 Å². The normalized spacial score (nSPS) is 18.1. The SMILES string of the molecule is CCN1CCN(C(=O)c2nc(C(=O)NCC(C)C)c3n2CCCC3)CC1. The van der Waals surface area contributed by atoms with Crippen LogP contribution in [0.4, 0.5) is 0 Å². The Labute approximate surface area is 155 Å². The monoisotopic (exact) mass is 361 g/mol. The van der Waals surface area contributed by atoms with Crippen molar-refractivity contribution < 1.29 is 9.59 Å². The minimum atomic E-state index is -0.154. The highest BCUT2D eigenvalue weighted by molar-refractivity contribution is 5.97. The summed E-state index contributed by atoms with van der Waals surface area (Å²) in [6.45, 7) is 11.9. The average Bonchev–Trinajstić information content (AvgIpc) is 3.05. The summed E-state index contributed by atoms with van der Waals surface area (Å²) in [5, 5.41) is 2.95. The molecule has 0 atom stereocenters. The van der Waals surface area contributed by atoms with E-state index in [1.165, 1.54) is 0 Å². The van der Waals surface area contributed by atoms with Crippen molar-refractivity contribution in [3.05, 3.63) is 17.2 Å². The molecule has 3 rings (SSSR count). The molecule has 3 heterocycles. The first kappa shape index (κ1) is 18.9. The third-order valence-corrected chi connectivity index (χ3v) is 5.30. The number of nitrogens with zero attached hydrogens (tertiary/aromatic N) is 4. The van der Waals surface area contributed by atoms with E-state index in [2.05, 4.69) is 36.0 Å². The van der Waals surface area contributed by atoms with E-state index in [4.69, 9.17) is 0 Å². The van der Waals surface area contributed by atoms with Gasteiger partial charge in [-0.3, -0.25) is 9.59 Å². The number of hydrogen-bond acceptors (Lipinski definition) is 4. The minimum Gasteiger partial charge on any atom is -0.350 e. The van der Waals surface area contributed by atoms with Gasteiger partial charge in [-0.25, -0.2) is 4.98 Å². The van der Waals surface area contributed by atoms with E-state index in [1.54, 1.807) is 0 Å². The maximum atomic E-state index is 13.1. The van der Waals surface area contributed by atoms with Crippen LogP contribution in [0.5, 0.6) is 0 Å². The van der Waals surface area contributed by atoms with Crippen molar-refractivity contribution in [2.24, 2.45) is 5.92 Å². The zero-order chi connectivity index (χ0) is 18.7. The van der Waals surface area contributed by atoms with Crippen molar-refractivity contribution in [3.8, 4) is 0 Å². The van der Waals surface area contributed by atoms with E-state index in [-0.39, 0.29) is 11.8 Å². The smallest absolute Gasteiger partial charge is 0.289 e. The molecule has 0 radical (unpaired) electrons. The lowest BCUT2D eigenvalue weighted by Gasteiger charge is -2.34. The van der Waals surface area contributed by atoms with Crippen LogP contribution in [0.2, 0.25) is 0 Å². The fourth-order valence-electron chi connectivity index (χ4n) is 3.68. The number of likely N-dealkylation sites (N-methyl/N-ethyl adjacent to an activating group) is 1. The predicted molar refractivity (Wildman–Crippen MR) is 100 cm³/mol. The molecule has 0 bridgehead atoms. The molecule has 1 saturated heterocycles. The predicted octanol–water partition coefficient (Wildman–Crippen LogP) is 1.38. The molecule has 1 aromatic rings. The van der Waals surface area contributed by atoms with E-state index in [0.717, 1.165) is 64.2 Å². The van der Waals surface area contributed by atoms with Crippen LogP contribution >= 0.6 is 0 Å². The van der Waals surface area contributed by atoms with Crippen LogP contribution in [0, 0.1) is 5.92 Å². The third-order valence-electron chi connectivity index (χ3n) is 5.30. The van der Waals surface area contributed by atoms with Crippen LogP contribution in [0.1, 0.15) is 60.4 Å². The molecule has 1 N–H and O–H groups in total. The topological polar surface area (TPSA) is 70.5 Å². The van der Waals surface area contributed by atoms with Gasteiger partial charge in [0.05, 0.1) is 5.69 Å². The van der Waals surface area contributed by atoms with Gasteiger partial charge < -0.3 is 19.7 Å². The van der Waals surface area contributed by atoms with E-state index in [1.807, 2.05) is 9.47 Å². The molecule has 0 unspecified atom stereocenters. The van der Waals surface area contributed by atoms with E-state index >= 15 is 0 Å². The maximum Gasteiger partial charge on any atom is 0.289 e. The molecule has 0 spiro atoms. The molecule has 0 saturated carbocycles. The van der Waals surface area contributed by atoms with E-state index < -0.39 is 0 Å². The molecule has 1 fully saturated rings. The van der Waals surface area contributed by atoms with Crippen LogP contribution in [-0.4, -0.2) is 70.4 Å². The summed E-state index contributed by atoms with van der Waals surface area (Å²) in [6, 6.07) is 0. The number of carbonyl (C=O) groups excluding carboxylic acids is 2. The molecule has 26 heavy (non-hydrogen) atoms. The Morgan fingerprint density at radius 3 is 2.50 bits per heavy atom. The largest absolute Gasteiger partial charge is 0.350 e. The quantitative estimate of drug-likeness (QED) is 0.860. The molecule has 0 aromatic carbocycles. The Hall–Kier alpha value is -1.89. The number of imidazole rings is 1. The summed E-state index contributed by atoms with van der Waals surface area (Å²) in [6.07, 6.45) is 2.88. The number of rotatable bonds is 5. The summed E-state index contributed by atoms with van der Waals surface area (Å²) < 4.78 is 1.99. The highest BCUT2D eigenvalue weighted by Gasteiger charge is 2.31. The van der Waals surface area contributed by atoms with Crippen molar-refractivity contribution >= 4 is 11.8 Å². The maximum absolute atomic E-state index is 13.1. The van der Waals surface area contributed by atoms with Crippen molar-refractivity contribution in [2.75, 3.05) is 39.3 Å². The number of nitrogens with one attached hydrogen (secondary N) is 1. The summed E-state index contributed by atoms with van der Waals surface area (Å²) in [4.78, 5) is 34.4. The summed E-state index contributed by atoms with van der Waals surface area (Å²) in [7, 11) is 0. The average molecular weight is 361 g/mol. The lowest BCUT2D eigenvalue weighted by Crippen LogP contribution is -2.49. The van der Waals surface area contributed by atoms with Crippen molar-refractivity contribution in [3.63, 3.8) is 0 Å². The number of fused-ring (bicyclic) bond motifs is 1. The van der Waals surface area contributed by atoms with Crippen LogP contribution in [-0.2, 0) is 13.0 Å². The second-order valence-corrected chi connectivity index (χ2v) is 7.67. The molecule has 2 amide bonds. The molecule has 144 valence electrons. The highest BCUT2D eigenvalue weighted by atomic mass is 16.2. The van der Waals surface area contributed by atoms with Gasteiger partial charge in [0.1, 0.15) is 5.69 Å². The van der Waals surface area contributed by atoms with Crippen molar-refractivity contribution in [1.82, 2.24) is 24.7 Å². The Bertz CT molecular complexity index is 659. The zero-order valence-corrected chi connectivity index (χ0v) is 16.3. The zero-order valence-electron chi connectivity index (χ0n) is 16.3. The van der Waals surface area contributed by atoms with Crippen LogP contribution < -0.4 is 5.32 Å². The molecule has 7 nitrogen and oxygen atoms in total. The van der Waals surface area contributed by atoms with Crippen molar-refractivity contribution in [2.45, 2.75) is 46.6 Å². The fraction of sp³-hybridized carbons (Fsp3) is 0.737. The second kappa shape index (κ2) is 8.20. The molecule has 1 aromatic heterocycles. The van der Waals surface area contributed by atoms with Crippen LogP contribution in [0.25, 0.3) is 0 Å². The van der Waals surface area contributed by atoms with E-state index in [9.17, 15) is 9.59 Å². The number of aromatic nitrogens is 2. The van der Waals surface area contributed by atoms with Gasteiger partial charge in [0, 0.05) is 39.3 Å². The number of hydrogen-bond donors (Lipinski definition) is 1. The summed E-state index contributed by atoms with van der Waals surface area (Å²) in [5.41, 5.74) is 1.37. The molecular formula is C19H31N5O2. The van der Waals surface area contributed by atoms with Crippen molar-refractivity contribution in [1.29, 1.82) is 0 Å². The van der Waals surface area contributed by atoms with Gasteiger partial charge in [0.15, 0.2) is 5.82 Å². The molecule has 2 aliphatic rings. The number of carbonyl (C=O) groups is 2. The molecular weight excluding hydrogens is 330 g/mol. The van der Waals surface area contributed by atoms with Gasteiger partial charge in [-0.1, -0.05) is 20.8 Å². The minimum absolute atomic E-state index is 0.0354. The molecule has 0 aliphatic carbocycles. The third kappa shape index (κ3) is 3.92. The number of piperazine rings is 1. The number of amides is 2. The van der Waals surface area contributed by atoms with Crippen LogP contribution in [0.15, 0.2) is 0 Å². The Kier molecular flexibility index (Phi) is 5.96. The van der Waals surface area contributed by atoms with Gasteiger partial charge in [-0.2, -0.15) is 0 Å². The van der Waals surface area contributed by atoms with Gasteiger partial charge in [0.2, 0.25) is 0 Å². The standard InChI is InChI=1S/C19H31N5O2/c1-4-22-9-11-23(12-10-22)19(26)17-21-16(18(25)20-13-14(2)3)15-7-5-6-8-24(15)17/h14H,4-13H2,1-3H3,(H,20,25). The van der Waals surface area contributed by atoms with Gasteiger partial charge in [0.25, 0.3) is 11.8 Å². The Morgan fingerprint density at radius 2 is 1.85 bits per heavy atom. The van der Waals surface area contributed by atoms with E-state index in [0.29, 0.717) is 24.0 Å². The Morgan fingerprint density at radius 1 is 1.12 bits per heavy atom. The van der Waals surface area contributed by atoms with Crippen LogP contribution in [0.3, 0.4) is 0 Å². The molecule has 7 heteroatoms. The Balaban J connectivity index is 1.81. The first-order valence-electron chi connectivity index (χ1n) is 9.90. The summed E-state index contributed by atoms with van der Waals surface area (Å²) in [5.74, 6) is 0.638. The second-order valence-electron chi connectivity index (χ2n) is 7.67.